The van der Waals surface area contributed by atoms with Crippen molar-refractivity contribution in [2.75, 3.05) is 37.9 Å². The number of alkyl halides is 2. The number of fused-ring (bicyclic) bond motifs is 1. The van der Waals surface area contributed by atoms with E-state index in [2.05, 4.69) is 45.9 Å². The number of benzene rings is 1. The minimum absolute atomic E-state index is 0.00943. The first-order valence-corrected chi connectivity index (χ1v) is 22.1. The Kier molecular flexibility index (Phi) is 10.5. The van der Waals surface area contributed by atoms with Crippen LogP contribution >= 0.6 is 11.3 Å². The average Bonchev–Trinajstić information content (AvgIpc) is 3.49. The van der Waals surface area contributed by atoms with Gasteiger partial charge in [-0.2, -0.15) is 10.4 Å². The normalized spacial score (nSPS) is 18.0. The van der Waals surface area contributed by atoms with E-state index in [1.165, 1.54) is 16.8 Å². The Hall–Kier alpha value is -3.55. The van der Waals surface area contributed by atoms with Crippen LogP contribution < -0.4 is 4.90 Å². The summed E-state index contributed by atoms with van der Waals surface area (Å²) in [6.07, 6.45) is -2.15. The summed E-state index contributed by atoms with van der Waals surface area (Å²) in [5.74, 6) is -0.190. The van der Waals surface area contributed by atoms with Crippen LogP contribution in [0.5, 0.6) is 0 Å². The molecule has 1 amide bonds. The maximum atomic E-state index is 14.6. The van der Waals surface area contributed by atoms with Gasteiger partial charge in [0.2, 0.25) is 5.91 Å². The highest BCUT2D eigenvalue weighted by Gasteiger charge is 2.61. The summed E-state index contributed by atoms with van der Waals surface area (Å²) >= 11 is 0.636. The highest BCUT2D eigenvalue weighted by Crippen LogP contribution is 2.47. The lowest BCUT2D eigenvalue weighted by Crippen LogP contribution is -2.55. The van der Waals surface area contributed by atoms with Gasteiger partial charge < -0.3 is 14.5 Å². The number of rotatable bonds is 13. The predicted molar refractivity (Wildman–Crippen MR) is 184 cm³/mol. The molecule has 3 aromatic rings. The zero-order chi connectivity index (χ0) is 35.9. The smallest absolute Gasteiger partial charge is 0.303 e. The highest BCUT2D eigenvalue weighted by atomic mass is 32.2. The fraction of sp³-hybridized carbons (Fsp3) is 0.613. The second kappa shape index (κ2) is 14.0. The van der Waals surface area contributed by atoms with Crippen molar-refractivity contribution in [3.63, 3.8) is 0 Å². The number of nitrogens with zero attached hydrogens (tertiary/aromatic N) is 9. The molecule has 3 heterocycles. The van der Waals surface area contributed by atoms with Gasteiger partial charge in [-0.3, -0.25) is 9.64 Å². The van der Waals surface area contributed by atoms with E-state index in [-0.39, 0.29) is 52.1 Å². The number of carbonyl (C=O) groups excluding carboxylic acids is 1. The van der Waals surface area contributed by atoms with E-state index in [9.17, 15) is 27.3 Å². The Labute approximate surface area is 290 Å². The molecular weight excluding hydrogens is 693 g/mol. The first-order chi connectivity index (χ1) is 23.0. The van der Waals surface area contributed by atoms with Crippen molar-refractivity contribution in [1.82, 2.24) is 29.2 Å². The van der Waals surface area contributed by atoms with Crippen molar-refractivity contribution >= 4 is 51.9 Å². The van der Waals surface area contributed by atoms with Crippen molar-refractivity contribution in [3.8, 4) is 16.8 Å². The first-order valence-electron chi connectivity index (χ1n) is 16.1. The molecule has 1 saturated carbocycles. The largest absolute Gasteiger partial charge is 0.366 e. The molecule has 1 atom stereocenters. The van der Waals surface area contributed by atoms with Gasteiger partial charge >= 0.3 is 5.66 Å². The first kappa shape index (κ1) is 36.7. The van der Waals surface area contributed by atoms with Crippen LogP contribution in [0, 0.1) is 23.8 Å². The summed E-state index contributed by atoms with van der Waals surface area (Å²) in [4.78, 5) is 20.3. The maximum absolute atomic E-state index is 14.6. The molecule has 49 heavy (non-hydrogen) atoms. The molecule has 13 nitrogen and oxygen atoms in total. The third-order valence-corrected chi connectivity index (χ3v) is 13.3. The SMILES string of the molecule is [C-]#[N+]C1(N(COCC[Si](C)(C)C)S(=O)(=O)c2cc(N3CCN(C(=O)C(C)C)[C@H](C)C3)c3c(c2)c(-c2nnc(C(F)F)s2)nn3CC#N)CC1. The molecule has 5 rings (SSSR count). The number of hydrogen-bond donors (Lipinski definition) is 0. The molecule has 2 fully saturated rings. The number of carbonyl (C=O) groups is 1. The van der Waals surface area contributed by atoms with Gasteiger partial charge in [0.05, 0.1) is 35.0 Å². The van der Waals surface area contributed by atoms with Gasteiger partial charge in [0, 0.05) is 51.7 Å². The lowest BCUT2D eigenvalue weighted by molar-refractivity contribution is -0.136. The number of nitriles is 1. The molecule has 0 bridgehead atoms. The molecular formula is C31H41F2N9O4S2Si. The van der Waals surface area contributed by atoms with E-state index in [4.69, 9.17) is 11.3 Å². The number of ether oxygens (including phenoxy) is 1. The molecule has 0 radical (unpaired) electrons. The lowest BCUT2D eigenvalue weighted by atomic mass is 10.1. The number of anilines is 1. The van der Waals surface area contributed by atoms with Crippen LogP contribution in [0.25, 0.3) is 26.4 Å². The number of hydrogen-bond acceptors (Lipinski definition) is 10. The van der Waals surface area contributed by atoms with E-state index in [1.807, 2.05) is 25.7 Å². The van der Waals surface area contributed by atoms with Gasteiger partial charge in [-0.25, -0.2) is 28.5 Å². The van der Waals surface area contributed by atoms with Crippen LogP contribution in [-0.2, 0) is 26.1 Å². The molecule has 1 saturated heterocycles. The number of sulfonamides is 1. The molecule has 0 N–H and O–H groups in total. The maximum Gasteiger partial charge on any atom is 0.303 e. The monoisotopic (exact) mass is 733 g/mol. The zero-order valence-electron chi connectivity index (χ0n) is 28.5. The van der Waals surface area contributed by atoms with Crippen LogP contribution in [0.15, 0.2) is 17.0 Å². The summed E-state index contributed by atoms with van der Waals surface area (Å²) in [5.41, 5.74) is -0.299. The van der Waals surface area contributed by atoms with Crippen molar-refractivity contribution in [1.29, 1.82) is 5.26 Å². The summed E-state index contributed by atoms with van der Waals surface area (Å²) in [5, 5.41) is 21.7. The van der Waals surface area contributed by atoms with Crippen LogP contribution in [0.1, 0.15) is 45.0 Å². The fourth-order valence-electron chi connectivity index (χ4n) is 5.85. The number of amides is 1. The average molecular weight is 734 g/mol. The van der Waals surface area contributed by atoms with E-state index in [1.54, 1.807) is 4.90 Å². The molecule has 0 unspecified atom stereocenters. The van der Waals surface area contributed by atoms with E-state index in [0.717, 1.165) is 10.3 Å². The topological polar surface area (TPSA) is 142 Å². The fourth-order valence-corrected chi connectivity index (χ4v) is 8.97. The number of aromatic nitrogens is 4. The van der Waals surface area contributed by atoms with Gasteiger partial charge in [0.15, 0.2) is 10.0 Å². The Bertz CT molecular complexity index is 1910. The van der Waals surface area contributed by atoms with E-state index < -0.39 is 35.2 Å². The van der Waals surface area contributed by atoms with E-state index >= 15 is 0 Å². The molecule has 264 valence electrons. The molecule has 2 aromatic heterocycles. The van der Waals surface area contributed by atoms with Gasteiger partial charge in [-0.05, 0) is 25.1 Å². The Morgan fingerprint density at radius 2 is 1.98 bits per heavy atom. The third-order valence-electron chi connectivity index (χ3n) is 8.76. The summed E-state index contributed by atoms with van der Waals surface area (Å²) in [7, 11) is -5.86. The lowest BCUT2D eigenvalue weighted by Gasteiger charge is -2.42. The van der Waals surface area contributed by atoms with Gasteiger partial charge in [-0.1, -0.05) is 49.1 Å². The summed E-state index contributed by atoms with van der Waals surface area (Å²) in [6, 6.07) is 5.59. The molecule has 0 spiro atoms. The second-order valence-electron chi connectivity index (χ2n) is 14.0. The molecule has 1 aromatic carbocycles. The van der Waals surface area contributed by atoms with Crippen LogP contribution in [-0.4, -0.2) is 96.3 Å². The van der Waals surface area contributed by atoms with Crippen LogP contribution in [0.4, 0.5) is 14.5 Å². The van der Waals surface area contributed by atoms with Gasteiger partial charge in [-0.15, -0.1) is 10.2 Å². The standard InChI is InChI=1S/C31H41F2N9O4S2Si/c1-20(2)30(43)40-13-12-39(18-21(40)3)24-17-22(48(44,45)42(31(35-4)8-9-31)19-46-14-15-49(5,6)7)16-23-25(38-41(11-10-34)26(23)24)28-36-37-29(47-28)27(32)33/h16-17,20-21,27H,8-9,11-15,18-19H2,1-3,5-7H3/t21-/m1/s1. The van der Waals surface area contributed by atoms with Crippen LogP contribution in [0.2, 0.25) is 25.7 Å². The molecule has 1 aliphatic heterocycles. The third kappa shape index (κ3) is 7.48. The Morgan fingerprint density at radius 3 is 2.53 bits per heavy atom. The minimum atomic E-state index is -4.38. The van der Waals surface area contributed by atoms with Crippen molar-refractivity contribution in [2.45, 2.75) is 88.9 Å². The Balaban J connectivity index is 1.67. The van der Waals surface area contributed by atoms with Gasteiger partial charge in [0.1, 0.15) is 19.0 Å². The summed E-state index contributed by atoms with van der Waals surface area (Å²) in [6.45, 7) is 21.0. The molecule has 2 aliphatic rings. The minimum Gasteiger partial charge on any atom is -0.366 e. The predicted octanol–water partition coefficient (Wildman–Crippen LogP) is 5.42. The highest BCUT2D eigenvalue weighted by molar-refractivity contribution is 7.89. The summed E-state index contributed by atoms with van der Waals surface area (Å²) < 4.78 is 64.8. The van der Waals surface area contributed by atoms with Crippen molar-refractivity contribution < 1.29 is 26.7 Å². The number of halogens is 2. The van der Waals surface area contributed by atoms with E-state index in [0.29, 0.717) is 61.6 Å². The van der Waals surface area contributed by atoms with Crippen LogP contribution in [0.3, 0.4) is 0 Å². The van der Waals surface area contributed by atoms with Crippen molar-refractivity contribution in [3.05, 3.63) is 28.6 Å². The van der Waals surface area contributed by atoms with Crippen molar-refractivity contribution in [2.24, 2.45) is 5.92 Å². The Morgan fingerprint density at radius 1 is 1.27 bits per heavy atom. The second-order valence-corrected chi connectivity index (χ2v) is 22.5. The molecule has 1 aliphatic carbocycles. The zero-order valence-corrected chi connectivity index (χ0v) is 31.1. The number of piperazine rings is 1. The quantitative estimate of drug-likeness (QED) is 0.0974. The van der Waals surface area contributed by atoms with Gasteiger partial charge in [0.25, 0.3) is 16.4 Å². The molecule has 18 heteroatoms.